The fourth-order valence-electron chi connectivity index (χ4n) is 3.81. The van der Waals surface area contributed by atoms with Crippen molar-refractivity contribution in [3.63, 3.8) is 0 Å². The number of methoxy groups -OCH3 is 1. The second-order valence-electron chi connectivity index (χ2n) is 7.73. The zero-order valence-corrected chi connectivity index (χ0v) is 19.1. The topological polar surface area (TPSA) is 83.2 Å². The molecule has 3 N–H and O–H groups in total. The number of alkyl halides is 3. The second kappa shape index (κ2) is 10.6. The second-order valence-corrected chi connectivity index (χ2v) is 7.73. The quantitative estimate of drug-likeness (QED) is 0.274. The predicted octanol–water partition coefficient (Wildman–Crippen LogP) is 5.86. The summed E-state index contributed by atoms with van der Waals surface area (Å²) in [5.41, 5.74) is -0.0571. The van der Waals surface area contributed by atoms with Gasteiger partial charge in [0.05, 0.1) is 22.6 Å². The van der Waals surface area contributed by atoms with Crippen LogP contribution in [0.5, 0.6) is 0 Å². The molecule has 0 spiro atoms. The minimum absolute atomic E-state index is 0.0192. The van der Waals surface area contributed by atoms with Crippen LogP contribution in [0, 0.1) is 12.7 Å². The number of carbonyl (C=O) groups excluding carboxylic acids is 2. The molecular formula is C25H23F4N3O3. The van der Waals surface area contributed by atoms with Crippen LogP contribution >= 0.6 is 0 Å². The Morgan fingerprint density at radius 2 is 1.83 bits per heavy atom. The van der Waals surface area contributed by atoms with E-state index < -0.39 is 23.5 Å². The summed E-state index contributed by atoms with van der Waals surface area (Å²) in [6, 6.07) is 10.4. The van der Waals surface area contributed by atoms with Gasteiger partial charge in [0.1, 0.15) is 12.4 Å². The molecule has 0 bridgehead atoms. The average molecular weight is 489 g/mol. The van der Waals surface area contributed by atoms with Crippen LogP contribution in [0.4, 0.5) is 28.9 Å². The first-order chi connectivity index (χ1) is 16.6. The minimum atomic E-state index is -4.67. The smallest absolute Gasteiger partial charge is 0.375 e. The van der Waals surface area contributed by atoms with Crippen molar-refractivity contribution in [3.8, 4) is 11.1 Å². The van der Waals surface area contributed by atoms with Crippen molar-refractivity contribution in [1.29, 1.82) is 0 Å². The molecular weight excluding hydrogens is 466 g/mol. The zero-order chi connectivity index (χ0) is 25.8. The van der Waals surface area contributed by atoms with Gasteiger partial charge < -0.3 is 20.4 Å². The number of amides is 2. The molecule has 0 radical (unpaired) electrons. The Bertz CT molecular complexity index is 1270. The molecule has 0 atom stereocenters. The molecule has 2 amide bonds. The molecule has 0 saturated carbocycles. The van der Waals surface area contributed by atoms with E-state index >= 15 is 0 Å². The van der Waals surface area contributed by atoms with Crippen molar-refractivity contribution in [1.82, 2.24) is 4.98 Å². The number of allylic oxidation sites excluding steroid dienone is 1. The Hall–Kier alpha value is -3.92. The van der Waals surface area contributed by atoms with E-state index in [1.807, 2.05) is 0 Å². The van der Waals surface area contributed by atoms with Gasteiger partial charge in [-0.2, -0.15) is 13.2 Å². The van der Waals surface area contributed by atoms with Gasteiger partial charge in [0.25, 0.3) is 0 Å². The van der Waals surface area contributed by atoms with E-state index in [0.717, 1.165) is 6.07 Å². The first-order valence-electron chi connectivity index (χ1n) is 10.4. The average Bonchev–Trinajstić information content (AvgIpc) is 3.12. The summed E-state index contributed by atoms with van der Waals surface area (Å²) in [4.78, 5) is 25.7. The van der Waals surface area contributed by atoms with Gasteiger partial charge >= 0.3 is 6.18 Å². The van der Waals surface area contributed by atoms with Gasteiger partial charge in [-0.25, -0.2) is 4.39 Å². The summed E-state index contributed by atoms with van der Waals surface area (Å²) in [7, 11) is 1.30. The molecule has 0 aliphatic rings. The molecule has 10 heteroatoms. The molecule has 6 nitrogen and oxygen atoms in total. The Labute approximate surface area is 199 Å². The van der Waals surface area contributed by atoms with Crippen LogP contribution in [0.15, 0.2) is 42.5 Å². The van der Waals surface area contributed by atoms with Crippen LogP contribution in [-0.2, 0) is 20.5 Å². The van der Waals surface area contributed by atoms with Crippen molar-refractivity contribution in [2.24, 2.45) is 0 Å². The number of H-pyrrole nitrogens is 1. The number of benzene rings is 2. The summed E-state index contributed by atoms with van der Waals surface area (Å²) in [5, 5.41) is 4.71. The predicted molar refractivity (Wildman–Crippen MR) is 126 cm³/mol. The van der Waals surface area contributed by atoms with Gasteiger partial charge in [-0.1, -0.05) is 30.3 Å². The van der Waals surface area contributed by atoms with Crippen LogP contribution in [-0.4, -0.2) is 31.0 Å². The molecule has 184 valence electrons. The van der Waals surface area contributed by atoms with Crippen LogP contribution in [0.1, 0.15) is 29.4 Å². The Kier molecular flexibility index (Phi) is 7.75. The fourth-order valence-corrected chi connectivity index (χ4v) is 3.81. The van der Waals surface area contributed by atoms with E-state index in [4.69, 9.17) is 4.74 Å². The Morgan fingerprint density at radius 1 is 1.14 bits per heavy atom. The molecule has 3 aromatic rings. The van der Waals surface area contributed by atoms with Crippen molar-refractivity contribution in [3.05, 3.63) is 70.8 Å². The number of nitrogens with one attached hydrogen (secondary N) is 3. The highest BCUT2D eigenvalue weighted by Crippen LogP contribution is 2.43. The molecule has 3 rings (SSSR count). The number of aryl methyl sites for hydroxylation is 1. The maximum atomic E-state index is 14.7. The Morgan fingerprint density at radius 3 is 2.43 bits per heavy atom. The lowest BCUT2D eigenvalue weighted by atomic mass is 9.98. The largest absolute Gasteiger partial charge is 0.419 e. The molecule has 0 unspecified atom stereocenters. The Balaban J connectivity index is 2.13. The standard InChI is InChI=1S/C25H23F4N3O3/c1-14(17-10-18(26)20(11-19(17)30-13-33)32-22(34)12-35-3)9-21-24(25(27,28)29)23(15(2)31-21)16-7-5-4-6-8-16/h4-11,13,31H,12H2,1-3H3,(H,30,33)(H,32,34)/b14-9+. The van der Waals surface area contributed by atoms with E-state index in [2.05, 4.69) is 15.6 Å². The van der Waals surface area contributed by atoms with Crippen LogP contribution in [0.25, 0.3) is 22.8 Å². The normalized spacial score (nSPS) is 11.9. The van der Waals surface area contributed by atoms with E-state index in [9.17, 15) is 27.2 Å². The molecule has 0 fully saturated rings. The number of aromatic nitrogens is 1. The lowest BCUT2D eigenvalue weighted by Gasteiger charge is -2.14. The van der Waals surface area contributed by atoms with Crippen molar-refractivity contribution in [2.45, 2.75) is 20.0 Å². The number of ether oxygens (including phenoxy) is 1. The van der Waals surface area contributed by atoms with Crippen LogP contribution in [0.3, 0.4) is 0 Å². The number of aromatic amines is 1. The molecule has 1 heterocycles. The third-order valence-electron chi connectivity index (χ3n) is 5.22. The van der Waals surface area contributed by atoms with Crippen LogP contribution in [0.2, 0.25) is 0 Å². The zero-order valence-electron chi connectivity index (χ0n) is 19.1. The number of halogens is 4. The fraction of sp³-hybridized carbons (Fsp3) is 0.200. The summed E-state index contributed by atoms with van der Waals surface area (Å²) in [5.74, 6) is -1.45. The van der Waals surface area contributed by atoms with Crippen molar-refractivity contribution in [2.75, 3.05) is 24.4 Å². The van der Waals surface area contributed by atoms with Gasteiger partial charge in [-0.15, -0.1) is 0 Å². The van der Waals surface area contributed by atoms with Crippen LogP contribution < -0.4 is 10.6 Å². The van der Waals surface area contributed by atoms with E-state index in [-0.39, 0.29) is 40.4 Å². The molecule has 0 aliphatic heterocycles. The highest BCUT2D eigenvalue weighted by molar-refractivity contribution is 5.95. The van der Waals surface area contributed by atoms with E-state index in [1.54, 1.807) is 37.3 Å². The van der Waals surface area contributed by atoms with Gasteiger partial charge in [0.2, 0.25) is 12.3 Å². The van der Waals surface area contributed by atoms with E-state index in [0.29, 0.717) is 17.7 Å². The number of carbonyl (C=O) groups is 2. The van der Waals surface area contributed by atoms with Gasteiger partial charge in [0, 0.05) is 23.9 Å². The molecule has 0 aliphatic carbocycles. The highest BCUT2D eigenvalue weighted by Gasteiger charge is 2.38. The third kappa shape index (κ3) is 5.78. The number of anilines is 2. The first-order valence-corrected chi connectivity index (χ1v) is 10.4. The summed E-state index contributed by atoms with van der Waals surface area (Å²) >= 11 is 0. The third-order valence-corrected chi connectivity index (χ3v) is 5.22. The van der Waals surface area contributed by atoms with E-state index in [1.165, 1.54) is 26.2 Å². The summed E-state index contributed by atoms with van der Waals surface area (Å²) in [6.45, 7) is 2.72. The van der Waals surface area contributed by atoms with Gasteiger partial charge in [-0.05, 0) is 43.2 Å². The first kappa shape index (κ1) is 25.7. The van der Waals surface area contributed by atoms with Gasteiger partial charge in [0.15, 0.2) is 0 Å². The maximum absolute atomic E-state index is 14.7. The summed E-state index contributed by atoms with van der Waals surface area (Å²) in [6.07, 6.45) is -3.08. The lowest BCUT2D eigenvalue weighted by Crippen LogP contribution is -2.18. The molecule has 1 aromatic heterocycles. The monoisotopic (exact) mass is 489 g/mol. The number of hydrogen-bond acceptors (Lipinski definition) is 3. The number of hydrogen-bond donors (Lipinski definition) is 3. The maximum Gasteiger partial charge on any atom is 0.419 e. The summed E-state index contributed by atoms with van der Waals surface area (Å²) < 4.78 is 61.9. The van der Waals surface area contributed by atoms with Crippen molar-refractivity contribution < 1.29 is 31.9 Å². The SMILES string of the molecule is COCC(=O)Nc1cc(NC=O)c(/C(C)=C/c2[nH]c(C)c(-c3ccccc3)c2C(F)(F)F)cc1F. The molecule has 2 aromatic carbocycles. The highest BCUT2D eigenvalue weighted by atomic mass is 19.4. The van der Waals surface area contributed by atoms with Crippen molar-refractivity contribution >= 4 is 35.3 Å². The lowest BCUT2D eigenvalue weighted by molar-refractivity contribution is -0.137. The number of rotatable bonds is 8. The van der Waals surface area contributed by atoms with Gasteiger partial charge in [-0.3, -0.25) is 9.59 Å². The molecule has 0 saturated heterocycles. The minimum Gasteiger partial charge on any atom is -0.375 e. The molecule has 35 heavy (non-hydrogen) atoms.